The van der Waals surface area contributed by atoms with Crippen LogP contribution in [-0.4, -0.2) is 20.1 Å². The minimum Gasteiger partial charge on any atom is -0.326 e. The number of halogens is 1. The first-order valence-electron chi connectivity index (χ1n) is 9.43. The van der Waals surface area contributed by atoms with Gasteiger partial charge in [-0.1, -0.05) is 29.8 Å². The van der Waals surface area contributed by atoms with Gasteiger partial charge in [0.25, 0.3) is 10.0 Å². The average molecular weight is 477 g/mol. The highest BCUT2D eigenvalue weighted by molar-refractivity contribution is 7.92. The number of para-hydroxylation sites is 1. The van der Waals surface area contributed by atoms with Gasteiger partial charge >= 0.3 is 0 Å². The van der Waals surface area contributed by atoms with E-state index in [-0.39, 0.29) is 40.1 Å². The number of rotatable bonds is 8. The molecule has 0 bridgehead atoms. The number of hydrogen-bond donors (Lipinski definition) is 2. The summed E-state index contributed by atoms with van der Waals surface area (Å²) >= 11 is 7.57. The maximum Gasteiger partial charge on any atom is 0.262 e. The summed E-state index contributed by atoms with van der Waals surface area (Å²) in [5.74, 6) is -0.455. The highest BCUT2D eigenvalue weighted by atomic mass is 35.5. The monoisotopic (exact) mass is 476 g/mol. The maximum absolute atomic E-state index is 12.7. The molecule has 2 N–H and O–H groups in total. The van der Waals surface area contributed by atoms with Gasteiger partial charge in [-0.05, 0) is 50.2 Å². The molecule has 0 unspecified atom stereocenters. The van der Waals surface area contributed by atoms with E-state index in [0.29, 0.717) is 11.3 Å². The van der Waals surface area contributed by atoms with Gasteiger partial charge in [-0.15, -0.1) is 11.3 Å². The second-order valence-corrected chi connectivity index (χ2v) is 10.5. The lowest BCUT2D eigenvalue weighted by molar-refractivity contribution is -0.116. The van der Waals surface area contributed by atoms with Crippen molar-refractivity contribution in [3.05, 3.63) is 74.9 Å². The molecule has 0 aliphatic heterocycles. The number of amides is 1. The summed E-state index contributed by atoms with van der Waals surface area (Å²) in [4.78, 5) is 26.6. The third-order valence-corrected chi connectivity index (χ3v) is 7.13. The number of carbonyl (C=O) groups is 2. The summed E-state index contributed by atoms with van der Waals surface area (Å²) in [6, 6.07) is 14.2. The minimum atomic E-state index is -3.90. The molecule has 31 heavy (non-hydrogen) atoms. The lowest BCUT2D eigenvalue weighted by Crippen LogP contribution is -2.16. The Kier molecular flexibility index (Phi) is 7.15. The molecule has 0 radical (unpaired) electrons. The Hall–Kier alpha value is -2.68. The van der Waals surface area contributed by atoms with Gasteiger partial charge in [-0.3, -0.25) is 14.3 Å². The van der Waals surface area contributed by atoms with Crippen LogP contribution in [0.15, 0.2) is 59.5 Å². The summed E-state index contributed by atoms with van der Waals surface area (Å²) in [7, 11) is -3.90. The molecule has 2 aromatic carbocycles. The summed E-state index contributed by atoms with van der Waals surface area (Å²) in [6.45, 7) is 3.82. The van der Waals surface area contributed by atoms with Crippen molar-refractivity contribution >= 4 is 56.0 Å². The van der Waals surface area contributed by atoms with Gasteiger partial charge in [0.15, 0.2) is 5.78 Å². The first-order valence-corrected chi connectivity index (χ1v) is 12.1. The van der Waals surface area contributed by atoms with Gasteiger partial charge in [-0.2, -0.15) is 0 Å². The fraction of sp³-hybridized carbons (Fsp3) is 0.182. The smallest absolute Gasteiger partial charge is 0.262 e. The number of anilines is 2. The van der Waals surface area contributed by atoms with E-state index in [0.717, 1.165) is 9.75 Å². The zero-order valence-electron chi connectivity index (χ0n) is 16.9. The van der Waals surface area contributed by atoms with Crippen molar-refractivity contribution in [2.45, 2.75) is 31.6 Å². The number of sulfonamides is 1. The quantitative estimate of drug-likeness (QED) is 0.424. The second-order valence-electron chi connectivity index (χ2n) is 6.91. The van der Waals surface area contributed by atoms with Gasteiger partial charge in [0.1, 0.15) is 0 Å². The molecule has 9 heteroatoms. The van der Waals surface area contributed by atoms with Crippen LogP contribution in [0.1, 0.15) is 33.0 Å². The van der Waals surface area contributed by atoms with Crippen molar-refractivity contribution in [1.82, 2.24) is 0 Å². The first-order chi connectivity index (χ1) is 14.7. The number of benzene rings is 2. The Morgan fingerprint density at radius 2 is 1.74 bits per heavy atom. The lowest BCUT2D eigenvalue weighted by Gasteiger charge is -2.11. The summed E-state index contributed by atoms with van der Waals surface area (Å²) < 4.78 is 27.8. The minimum absolute atomic E-state index is 0.00200. The van der Waals surface area contributed by atoms with E-state index >= 15 is 0 Å². The molecule has 162 valence electrons. The Bertz CT molecular complexity index is 1240. The number of aryl methyl sites for hydroxylation is 2. The molecule has 0 fully saturated rings. The molecule has 0 spiro atoms. The fourth-order valence-corrected chi connectivity index (χ4v) is 5.29. The molecule has 0 atom stereocenters. The Labute approximate surface area is 190 Å². The van der Waals surface area contributed by atoms with Crippen molar-refractivity contribution in [3.8, 4) is 0 Å². The summed E-state index contributed by atoms with van der Waals surface area (Å²) in [5, 5.41) is 2.92. The summed E-state index contributed by atoms with van der Waals surface area (Å²) in [6.07, 6.45) is 0.0803. The lowest BCUT2D eigenvalue weighted by atomic mass is 10.1. The molecular weight excluding hydrogens is 456 g/mol. The van der Waals surface area contributed by atoms with Crippen LogP contribution in [0.25, 0.3) is 0 Å². The summed E-state index contributed by atoms with van der Waals surface area (Å²) in [5.41, 5.74) is 1.23. The van der Waals surface area contributed by atoms with Crippen LogP contribution in [0.2, 0.25) is 5.02 Å². The number of hydrogen-bond acceptors (Lipinski definition) is 5. The predicted octanol–water partition coefficient (Wildman–Crippen LogP) is 5.42. The second kappa shape index (κ2) is 9.64. The van der Waals surface area contributed by atoms with Crippen molar-refractivity contribution in [2.24, 2.45) is 0 Å². The number of nitrogens with one attached hydrogen (secondary N) is 2. The highest BCUT2D eigenvalue weighted by Crippen LogP contribution is 2.25. The normalized spacial score (nSPS) is 11.2. The molecule has 0 saturated heterocycles. The van der Waals surface area contributed by atoms with E-state index in [2.05, 4.69) is 10.0 Å². The molecule has 6 nitrogen and oxygen atoms in total. The van der Waals surface area contributed by atoms with Gasteiger partial charge in [0, 0.05) is 33.8 Å². The van der Waals surface area contributed by atoms with E-state index in [9.17, 15) is 18.0 Å². The molecule has 1 heterocycles. The third-order valence-electron chi connectivity index (χ3n) is 4.47. The van der Waals surface area contributed by atoms with E-state index in [1.807, 2.05) is 19.9 Å². The first kappa shape index (κ1) is 23.0. The Morgan fingerprint density at radius 3 is 2.42 bits per heavy atom. The fourth-order valence-electron chi connectivity index (χ4n) is 2.98. The van der Waals surface area contributed by atoms with Crippen molar-refractivity contribution in [1.29, 1.82) is 0 Å². The van der Waals surface area contributed by atoms with E-state index < -0.39 is 10.0 Å². The van der Waals surface area contributed by atoms with E-state index in [1.165, 1.54) is 18.2 Å². The zero-order chi connectivity index (χ0) is 22.6. The number of carbonyl (C=O) groups excluding carboxylic acids is 2. The highest BCUT2D eigenvalue weighted by Gasteiger charge is 2.17. The Morgan fingerprint density at radius 1 is 1.00 bits per heavy atom. The van der Waals surface area contributed by atoms with Crippen LogP contribution in [0.5, 0.6) is 0 Å². The standard InChI is InChI=1S/C22H21ClN2O4S2/c1-14-12-18(15(2)30-14)21(26)10-11-22(27)24-16-6-5-7-17(13-16)31(28,29)25-20-9-4-3-8-19(20)23/h3-9,12-13,25H,10-11H2,1-2H3,(H,24,27). The van der Waals surface area contributed by atoms with Gasteiger partial charge in [0.05, 0.1) is 15.6 Å². The van der Waals surface area contributed by atoms with Crippen molar-refractivity contribution < 1.29 is 18.0 Å². The SMILES string of the molecule is Cc1cc(C(=O)CCC(=O)Nc2cccc(S(=O)(=O)Nc3ccccc3Cl)c2)c(C)s1. The molecule has 3 rings (SSSR count). The maximum atomic E-state index is 12.7. The van der Waals surface area contributed by atoms with Gasteiger partial charge in [-0.25, -0.2) is 8.42 Å². The molecule has 1 amide bonds. The van der Waals surface area contributed by atoms with Crippen LogP contribution < -0.4 is 10.0 Å². The van der Waals surface area contributed by atoms with Crippen LogP contribution in [0, 0.1) is 13.8 Å². The number of thiophene rings is 1. The average Bonchev–Trinajstić information content (AvgIpc) is 3.06. The van der Waals surface area contributed by atoms with Crippen LogP contribution in [0.4, 0.5) is 11.4 Å². The molecular formula is C22H21ClN2O4S2. The third kappa shape index (κ3) is 5.94. The van der Waals surface area contributed by atoms with Crippen LogP contribution in [-0.2, 0) is 14.8 Å². The van der Waals surface area contributed by atoms with Crippen molar-refractivity contribution in [2.75, 3.05) is 10.0 Å². The van der Waals surface area contributed by atoms with Crippen LogP contribution in [0.3, 0.4) is 0 Å². The molecule has 0 aliphatic rings. The van der Waals surface area contributed by atoms with Gasteiger partial charge < -0.3 is 5.32 Å². The molecule has 0 aliphatic carbocycles. The van der Waals surface area contributed by atoms with E-state index in [4.69, 9.17) is 11.6 Å². The Balaban J connectivity index is 1.64. The number of ketones is 1. The largest absolute Gasteiger partial charge is 0.326 e. The van der Waals surface area contributed by atoms with Gasteiger partial charge in [0.2, 0.25) is 5.91 Å². The molecule has 3 aromatic rings. The molecule has 0 saturated carbocycles. The zero-order valence-corrected chi connectivity index (χ0v) is 19.3. The topological polar surface area (TPSA) is 92.3 Å². The van der Waals surface area contributed by atoms with E-state index in [1.54, 1.807) is 41.7 Å². The van der Waals surface area contributed by atoms with Crippen molar-refractivity contribution in [3.63, 3.8) is 0 Å². The van der Waals surface area contributed by atoms with Crippen LogP contribution >= 0.6 is 22.9 Å². The number of Topliss-reactive ketones (excluding diaryl/α,β-unsaturated/α-hetero) is 1. The molecule has 1 aromatic heterocycles. The predicted molar refractivity (Wildman–Crippen MR) is 125 cm³/mol.